The number of carbonyl (C=O) groups excluding carboxylic acids is 1. The fourth-order valence-corrected chi connectivity index (χ4v) is 3.11. The maximum absolute atomic E-state index is 11.8. The highest BCUT2D eigenvalue weighted by atomic mass is 32.2. The summed E-state index contributed by atoms with van der Waals surface area (Å²) < 4.78 is 0. The van der Waals surface area contributed by atoms with Crippen LogP contribution < -0.4 is 0 Å². The summed E-state index contributed by atoms with van der Waals surface area (Å²) in [6.45, 7) is 2.59. The molecular weight excluding hydrogens is 234 g/mol. The molecule has 1 aliphatic rings. The summed E-state index contributed by atoms with van der Waals surface area (Å²) in [6, 6.07) is 7.77. The van der Waals surface area contributed by atoms with Crippen LogP contribution in [0.5, 0.6) is 0 Å². The number of nitrogens with zero attached hydrogens (tertiary/aromatic N) is 1. The Morgan fingerprint density at radius 3 is 2.88 bits per heavy atom. The lowest BCUT2D eigenvalue weighted by Gasteiger charge is -2.11. The maximum Gasteiger partial charge on any atom is 0.235 e. The molecule has 2 unspecified atom stereocenters. The van der Waals surface area contributed by atoms with Crippen molar-refractivity contribution in [1.29, 1.82) is 0 Å². The Morgan fingerprint density at radius 1 is 1.53 bits per heavy atom. The van der Waals surface area contributed by atoms with Gasteiger partial charge in [0.1, 0.15) is 0 Å². The largest absolute Gasteiger partial charge is 0.389 e. The molecule has 1 fully saturated rings. The molecule has 1 N–H and O–H groups in total. The Balaban J connectivity index is 2.09. The fraction of sp³-hybridized carbons (Fsp3) is 0.462. The lowest BCUT2D eigenvalue weighted by molar-refractivity contribution is -0.126. The van der Waals surface area contributed by atoms with Crippen molar-refractivity contribution in [3.63, 3.8) is 0 Å². The van der Waals surface area contributed by atoms with Crippen LogP contribution in [0.1, 0.15) is 25.0 Å². The number of aliphatic hydroxyl groups excluding tert-OH is 1. The first-order valence-corrected chi connectivity index (χ1v) is 6.65. The maximum atomic E-state index is 11.8. The summed E-state index contributed by atoms with van der Waals surface area (Å²) in [7, 11) is 1.84. The van der Waals surface area contributed by atoms with Crippen LogP contribution in [-0.2, 0) is 4.79 Å². The van der Waals surface area contributed by atoms with E-state index in [0.717, 1.165) is 23.4 Å². The average Bonchev–Trinajstić information content (AvgIpc) is 2.61. The fourth-order valence-electron chi connectivity index (χ4n) is 1.91. The normalized spacial score (nSPS) is 21.9. The first-order chi connectivity index (χ1) is 8.08. The molecular formula is C13H17NO2S. The van der Waals surface area contributed by atoms with Gasteiger partial charge in [-0.05, 0) is 31.0 Å². The number of benzene rings is 1. The molecule has 0 aromatic heterocycles. The highest BCUT2D eigenvalue weighted by Gasteiger charge is 2.29. The smallest absolute Gasteiger partial charge is 0.235 e. The second-order valence-electron chi connectivity index (χ2n) is 4.40. The topological polar surface area (TPSA) is 40.5 Å². The van der Waals surface area contributed by atoms with Gasteiger partial charge in [0.2, 0.25) is 5.91 Å². The zero-order valence-electron chi connectivity index (χ0n) is 10.1. The number of aliphatic hydroxyl groups is 1. The van der Waals surface area contributed by atoms with E-state index in [1.54, 1.807) is 23.6 Å². The Morgan fingerprint density at radius 2 is 2.29 bits per heavy atom. The number of rotatable bonds is 3. The number of amides is 1. The Bertz CT molecular complexity index is 420. The molecule has 1 aromatic carbocycles. The first kappa shape index (κ1) is 12.5. The zero-order valence-corrected chi connectivity index (χ0v) is 10.9. The van der Waals surface area contributed by atoms with Crippen molar-refractivity contribution in [3.05, 3.63) is 29.8 Å². The molecule has 2 rings (SSSR count). The summed E-state index contributed by atoms with van der Waals surface area (Å²) in [5.74, 6) is 0.206. The predicted molar refractivity (Wildman–Crippen MR) is 69.0 cm³/mol. The van der Waals surface area contributed by atoms with Gasteiger partial charge in [-0.1, -0.05) is 12.1 Å². The van der Waals surface area contributed by atoms with Crippen LogP contribution in [0.25, 0.3) is 0 Å². The van der Waals surface area contributed by atoms with Gasteiger partial charge in [0.25, 0.3) is 0 Å². The second kappa shape index (κ2) is 5.10. The molecule has 1 aromatic rings. The molecule has 1 aliphatic heterocycles. The monoisotopic (exact) mass is 251 g/mol. The molecule has 92 valence electrons. The molecule has 0 spiro atoms. The van der Waals surface area contributed by atoms with Crippen molar-refractivity contribution in [2.45, 2.75) is 29.6 Å². The van der Waals surface area contributed by atoms with Crippen LogP contribution in [0.2, 0.25) is 0 Å². The van der Waals surface area contributed by atoms with E-state index in [-0.39, 0.29) is 11.2 Å². The van der Waals surface area contributed by atoms with E-state index >= 15 is 0 Å². The SMILES string of the molecule is CC(O)c1cccc(SC2CCN(C)C2=O)c1. The minimum absolute atomic E-state index is 0.0317. The summed E-state index contributed by atoms with van der Waals surface area (Å²) >= 11 is 1.59. The third kappa shape index (κ3) is 2.82. The van der Waals surface area contributed by atoms with E-state index in [9.17, 15) is 9.90 Å². The zero-order chi connectivity index (χ0) is 12.4. The van der Waals surface area contributed by atoms with E-state index in [1.807, 2.05) is 31.3 Å². The van der Waals surface area contributed by atoms with Gasteiger partial charge in [0.15, 0.2) is 0 Å². The number of likely N-dealkylation sites (tertiary alicyclic amines) is 1. The Kier molecular flexibility index (Phi) is 3.74. The van der Waals surface area contributed by atoms with Crippen molar-refractivity contribution in [2.24, 2.45) is 0 Å². The van der Waals surface area contributed by atoms with Crippen molar-refractivity contribution in [3.8, 4) is 0 Å². The van der Waals surface area contributed by atoms with E-state index in [2.05, 4.69) is 0 Å². The van der Waals surface area contributed by atoms with Gasteiger partial charge in [0, 0.05) is 18.5 Å². The molecule has 3 nitrogen and oxygen atoms in total. The van der Waals surface area contributed by atoms with Crippen LogP contribution in [0.4, 0.5) is 0 Å². The lowest BCUT2D eigenvalue weighted by Crippen LogP contribution is -2.23. The molecule has 1 saturated heterocycles. The molecule has 17 heavy (non-hydrogen) atoms. The van der Waals surface area contributed by atoms with Crippen molar-refractivity contribution >= 4 is 17.7 Å². The van der Waals surface area contributed by atoms with E-state index in [1.165, 1.54) is 0 Å². The first-order valence-electron chi connectivity index (χ1n) is 5.77. The summed E-state index contributed by atoms with van der Waals surface area (Å²) in [5, 5.41) is 9.55. The third-order valence-corrected chi connectivity index (χ3v) is 4.25. The van der Waals surface area contributed by atoms with Gasteiger partial charge >= 0.3 is 0 Å². The van der Waals surface area contributed by atoms with Crippen LogP contribution in [0, 0.1) is 0 Å². The molecule has 0 aliphatic carbocycles. The lowest BCUT2D eigenvalue weighted by atomic mass is 10.1. The van der Waals surface area contributed by atoms with Gasteiger partial charge in [-0.15, -0.1) is 11.8 Å². The molecule has 0 saturated carbocycles. The Hall–Kier alpha value is -1.00. The van der Waals surface area contributed by atoms with Gasteiger partial charge in [0.05, 0.1) is 11.4 Å². The molecule has 0 bridgehead atoms. The van der Waals surface area contributed by atoms with Crippen molar-refractivity contribution in [1.82, 2.24) is 4.90 Å². The number of carbonyl (C=O) groups is 1. The standard InChI is InChI=1S/C13H17NO2S/c1-9(15)10-4-3-5-11(8-10)17-12-6-7-14(2)13(12)16/h3-5,8-9,12,15H,6-7H2,1-2H3. The minimum Gasteiger partial charge on any atom is -0.389 e. The van der Waals surface area contributed by atoms with E-state index in [4.69, 9.17) is 0 Å². The minimum atomic E-state index is -0.461. The van der Waals surface area contributed by atoms with Gasteiger partial charge in [-0.2, -0.15) is 0 Å². The van der Waals surface area contributed by atoms with Crippen LogP contribution in [-0.4, -0.2) is 34.8 Å². The van der Waals surface area contributed by atoms with Crippen molar-refractivity contribution in [2.75, 3.05) is 13.6 Å². The van der Waals surface area contributed by atoms with Gasteiger partial charge < -0.3 is 10.0 Å². The summed E-state index contributed by atoms with van der Waals surface area (Å²) in [4.78, 5) is 14.6. The van der Waals surface area contributed by atoms with E-state index in [0.29, 0.717) is 0 Å². The van der Waals surface area contributed by atoms with Crippen molar-refractivity contribution < 1.29 is 9.90 Å². The van der Waals surface area contributed by atoms with Gasteiger partial charge in [-0.3, -0.25) is 4.79 Å². The molecule has 2 atom stereocenters. The van der Waals surface area contributed by atoms with Crippen LogP contribution >= 0.6 is 11.8 Å². The highest BCUT2D eigenvalue weighted by molar-refractivity contribution is 8.00. The van der Waals surface area contributed by atoms with Gasteiger partial charge in [-0.25, -0.2) is 0 Å². The third-order valence-electron chi connectivity index (χ3n) is 3.00. The molecule has 4 heteroatoms. The quantitative estimate of drug-likeness (QED) is 0.894. The molecule has 0 radical (unpaired) electrons. The predicted octanol–water partition coefficient (Wildman–Crippen LogP) is 2.06. The molecule has 1 heterocycles. The Labute approximate surface area is 106 Å². The number of thioether (sulfide) groups is 1. The average molecular weight is 251 g/mol. The van der Waals surface area contributed by atoms with E-state index < -0.39 is 6.10 Å². The summed E-state index contributed by atoms with van der Waals surface area (Å²) in [5.41, 5.74) is 0.897. The number of hydrogen-bond donors (Lipinski definition) is 1. The van der Waals surface area contributed by atoms with Crippen LogP contribution in [0.3, 0.4) is 0 Å². The van der Waals surface area contributed by atoms with Crippen LogP contribution in [0.15, 0.2) is 29.2 Å². The number of hydrogen-bond acceptors (Lipinski definition) is 3. The second-order valence-corrected chi connectivity index (χ2v) is 5.68. The molecule has 1 amide bonds. The summed E-state index contributed by atoms with van der Waals surface area (Å²) in [6.07, 6.45) is 0.441. The highest BCUT2D eigenvalue weighted by Crippen LogP contribution is 2.31.